The van der Waals surface area contributed by atoms with E-state index in [1.54, 1.807) is 6.33 Å². The van der Waals surface area contributed by atoms with E-state index in [0.29, 0.717) is 0 Å². The Balaban J connectivity index is 2.90. The van der Waals surface area contributed by atoms with Crippen molar-refractivity contribution in [2.45, 2.75) is 6.92 Å². The van der Waals surface area contributed by atoms with E-state index in [1.807, 2.05) is 17.5 Å². The Hall–Kier alpha value is -0.770. The first-order valence-electron chi connectivity index (χ1n) is 2.86. The predicted molar refractivity (Wildman–Crippen MR) is 39.9 cm³/mol. The molecule has 0 spiro atoms. The molecule has 3 nitrogen and oxygen atoms in total. The van der Waals surface area contributed by atoms with Gasteiger partial charge >= 0.3 is 0 Å². The van der Waals surface area contributed by atoms with Gasteiger partial charge in [-0.05, 0) is 22.9 Å². The summed E-state index contributed by atoms with van der Waals surface area (Å²) in [6.07, 6.45) is 3.59. The van der Waals surface area contributed by atoms with Gasteiger partial charge in [0.25, 0.3) is 0 Å². The fourth-order valence-corrected chi connectivity index (χ4v) is 1.27. The molecule has 0 saturated heterocycles. The number of aromatic nitrogens is 2. The number of hydrogen-bond donors (Lipinski definition) is 0. The Bertz CT molecular complexity index is 363. The predicted octanol–water partition coefficient (Wildman–Crippen LogP) is 2.00. The van der Waals surface area contributed by atoms with Crippen LogP contribution >= 0.6 is 15.9 Å². The summed E-state index contributed by atoms with van der Waals surface area (Å²) < 4.78 is 7.88. The van der Waals surface area contributed by atoms with Crippen LogP contribution < -0.4 is 0 Å². The molecule has 2 rings (SSSR count). The Morgan fingerprint density at radius 3 is 3.20 bits per heavy atom. The van der Waals surface area contributed by atoms with Crippen LogP contribution in [0, 0.1) is 6.92 Å². The Kier molecular flexibility index (Phi) is 1.11. The van der Waals surface area contributed by atoms with E-state index in [-0.39, 0.29) is 0 Å². The van der Waals surface area contributed by atoms with E-state index in [1.165, 1.54) is 0 Å². The molecule has 0 aliphatic carbocycles. The zero-order valence-corrected chi connectivity index (χ0v) is 6.92. The van der Waals surface area contributed by atoms with Gasteiger partial charge in [0.15, 0.2) is 4.60 Å². The highest BCUT2D eigenvalue weighted by molar-refractivity contribution is 9.10. The minimum atomic E-state index is 0.751. The first-order valence-corrected chi connectivity index (χ1v) is 3.65. The summed E-state index contributed by atoms with van der Waals surface area (Å²) in [5.41, 5.74) is 0.762. The summed E-state index contributed by atoms with van der Waals surface area (Å²) in [6.45, 7) is 1.90. The Morgan fingerprint density at radius 2 is 2.50 bits per heavy atom. The molecule has 52 valence electrons. The van der Waals surface area contributed by atoms with Gasteiger partial charge in [-0.15, -0.1) is 0 Å². The molecule has 2 heterocycles. The number of nitrogens with zero attached hydrogens (tertiary/aromatic N) is 2. The summed E-state index contributed by atoms with van der Waals surface area (Å²) in [5, 5.41) is 0. The molecule has 0 aromatic carbocycles. The fourth-order valence-electron chi connectivity index (χ4n) is 0.889. The molecule has 0 saturated carbocycles. The molecular formula is C6H5BrN2O. The topological polar surface area (TPSA) is 30.4 Å². The van der Waals surface area contributed by atoms with Gasteiger partial charge in [0, 0.05) is 0 Å². The molecule has 0 fully saturated rings. The third-order valence-electron chi connectivity index (χ3n) is 1.29. The van der Waals surface area contributed by atoms with Crippen LogP contribution in [0.5, 0.6) is 0 Å². The van der Waals surface area contributed by atoms with E-state index >= 15 is 0 Å². The molecule has 0 unspecified atom stereocenters. The molecule has 0 bridgehead atoms. The van der Waals surface area contributed by atoms with Crippen molar-refractivity contribution >= 4 is 21.6 Å². The van der Waals surface area contributed by atoms with Crippen molar-refractivity contribution in [2.24, 2.45) is 0 Å². The molecule has 2 aromatic heterocycles. The van der Waals surface area contributed by atoms with Crippen molar-refractivity contribution in [1.82, 2.24) is 9.38 Å². The van der Waals surface area contributed by atoms with Crippen molar-refractivity contribution < 1.29 is 4.42 Å². The maximum absolute atomic E-state index is 5.29. The molecule has 0 atom stereocenters. The van der Waals surface area contributed by atoms with Gasteiger partial charge in [0.1, 0.15) is 12.1 Å². The van der Waals surface area contributed by atoms with E-state index in [2.05, 4.69) is 20.9 Å². The highest BCUT2D eigenvalue weighted by Crippen LogP contribution is 2.17. The Labute approximate surface area is 65.8 Å². The Morgan fingerprint density at radius 1 is 1.70 bits per heavy atom. The van der Waals surface area contributed by atoms with E-state index in [0.717, 1.165) is 16.1 Å². The standard InChI is InChI=1S/C6H5BrN2O/c1-4-2-9-3-8-5(7)6(9)10-4/h2-3H,1H3. The molecule has 0 aliphatic heterocycles. The lowest BCUT2D eigenvalue weighted by atomic mass is 10.6. The lowest BCUT2D eigenvalue weighted by Crippen LogP contribution is -1.68. The van der Waals surface area contributed by atoms with Crippen molar-refractivity contribution in [3.8, 4) is 0 Å². The van der Waals surface area contributed by atoms with Crippen LogP contribution in [0.4, 0.5) is 0 Å². The van der Waals surface area contributed by atoms with Crippen molar-refractivity contribution in [1.29, 1.82) is 0 Å². The first kappa shape index (κ1) is 5.97. The lowest BCUT2D eigenvalue weighted by Gasteiger charge is -1.76. The van der Waals surface area contributed by atoms with Gasteiger partial charge in [-0.1, -0.05) is 0 Å². The van der Waals surface area contributed by atoms with Gasteiger partial charge < -0.3 is 4.42 Å². The third kappa shape index (κ3) is 0.686. The molecular weight excluding hydrogens is 196 g/mol. The number of rotatable bonds is 0. The van der Waals surface area contributed by atoms with Crippen LogP contribution in [0.15, 0.2) is 21.5 Å². The largest absolute Gasteiger partial charge is 0.441 e. The number of hydrogen-bond acceptors (Lipinski definition) is 2. The number of halogens is 1. The second-order valence-electron chi connectivity index (χ2n) is 2.09. The second kappa shape index (κ2) is 1.85. The van der Waals surface area contributed by atoms with Crippen LogP contribution in [0.3, 0.4) is 0 Å². The third-order valence-corrected chi connectivity index (χ3v) is 1.83. The summed E-state index contributed by atoms with van der Waals surface area (Å²) in [5.74, 6) is 0.887. The van der Waals surface area contributed by atoms with Crippen molar-refractivity contribution in [3.63, 3.8) is 0 Å². The second-order valence-corrected chi connectivity index (χ2v) is 2.84. The van der Waals surface area contributed by atoms with Crippen molar-refractivity contribution in [3.05, 3.63) is 22.9 Å². The zero-order valence-electron chi connectivity index (χ0n) is 5.34. The minimum absolute atomic E-state index is 0.751. The fraction of sp³-hybridized carbons (Fsp3) is 0.167. The van der Waals surface area contributed by atoms with Crippen LogP contribution in [-0.4, -0.2) is 9.38 Å². The van der Waals surface area contributed by atoms with Crippen LogP contribution in [0.2, 0.25) is 0 Å². The van der Waals surface area contributed by atoms with Gasteiger partial charge in [-0.2, -0.15) is 0 Å². The number of oxazole rings is 1. The SMILES string of the molecule is Cc1cn2cnc(Br)c2o1. The quantitative estimate of drug-likeness (QED) is 0.652. The summed E-state index contributed by atoms with van der Waals surface area (Å²) in [6, 6.07) is 0. The van der Waals surface area contributed by atoms with E-state index < -0.39 is 0 Å². The summed E-state index contributed by atoms with van der Waals surface area (Å²) in [4.78, 5) is 3.98. The minimum Gasteiger partial charge on any atom is -0.441 e. The number of fused-ring (bicyclic) bond motifs is 1. The molecule has 4 heteroatoms. The van der Waals surface area contributed by atoms with Crippen LogP contribution in [0.1, 0.15) is 5.76 Å². The number of imidazole rings is 1. The summed E-state index contributed by atoms with van der Waals surface area (Å²) in [7, 11) is 0. The molecule has 2 aromatic rings. The van der Waals surface area contributed by atoms with Gasteiger partial charge in [0.2, 0.25) is 5.71 Å². The average Bonchev–Trinajstić information content (AvgIpc) is 2.35. The normalized spacial score (nSPS) is 11.0. The molecule has 10 heavy (non-hydrogen) atoms. The maximum Gasteiger partial charge on any atom is 0.238 e. The first-order chi connectivity index (χ1) is 4.77. The monoisotopic (exact) mass is 200 g/mol. The smallest absolute Gasteiger partial charge is 0.238 e. The number of aryl methyl sites for hydroxylation is 1. The van der Waals surface area contributed by atoms with Crippen LogP contribution in [-0.2, 0) is 0 Å². The highest BCUT2D eigenvalue weighted by Gasteiger charge is 2.04. The lowest BCUT2D eigenvalue weighted by molar-refractivity contribution is 0.571. The van der Waals surface area contributed by atoms with Gasteiger partial charge in [0.05, 0.1) is 6.20 Å². The molecule has 0 amide bonds. The van der Waals surface area contributed by atoms with Crippen LogP contribution in [0.25, 0.3) is 5.71 Å². The molecule has 0 aliphatic rings. The highest BCUT2D eigenvalue weighted by atomic mass is 79.9. The average molecular weight is 201 g/mol. The van der Waals surface area contributed by atoms with Gasteiger partial charge in [-0.25, -0.2) is 4.98 Å². The maximum atomic E-state index is 5.29. The molecule has 0 radical (unpaired) electrons. The van der Waals surface area contributed by atoms with Crippen molar-refractivity contribution in [2.75, 3.05) is 0 Å². The zero-order chi connectivity index (χ0) is 7.14. The van der Waals surface area contributed by atoms with E-state index in [4.69, 9.17) is 4.42 Å². The van der Waals surface area contributed by atoms with E-state index in [9.17, 15) is 0 Å². The van der Waals surface area contributed by atoms with Gasteiger partial charge in [-0.3, -0.25) is 4.40 Å². The molecule has 0 N–H and O–H groups in total. The summed E-state index contributed by atoms with van der Waals surface area (Å²) >= 11 is 3.25.